The molecule has 1 aliphatic rings. The summed E-state index contributed by atoms with van der Waals surface area (Å²) in [5, 5.41) is 4.01. The first-order valence-electron chi connectivity index (χ1n) is 10.8. The number of hydrogen-bond donors (Lipinski definition) is 2. The first-order valence-corrected chi connectivity index (χ1v) is 10.8. The molecule has 0 unspecified atom stereocenters. The molecule has 31 heavy (non-hydrogen) atoms. The predicted octanol–water partition coefficient (Wildman–Crippen LogP) is 4.04. The van der Waals surface area contributed by atoms with E-state index in [2.05, 4.69) is 29.4 Å². The monoisotopic (exact) mass is 419 g/mol. The number of ether oxygens (including phenoxy) is 1. The first-order chi connectivity index (χ1) is 15.0. The summed E-state index contributed by atoms with van der Waals surface area (Å²) in [6.45, 7) is 3.96. The summed E-state index contributed by atoms with van der Waals surface area (Å²) in [5.74, 6) is 1.16. The number of nitrogens with zero attached hydrogens (tertiary/aromatic N) is 1. The molecule has 2 heterocycles. The molecule has 1 saturated heterocycles. The lowest BCUT2D eigenvalue weighted by Crippen LogP contribution is -2.39. The van der Waals surface area contributed by atoms with Crippen LogP contribution in [0.2, 0.25) is 0 Å². The highest BCUT2D eigenvalue weighted by molar-refractivity contribution is 5.98. The van der Waals surface area contributed by atoms with Gasteiger partial charge in [-0.1, -0.05) is 29.8 Å². The van der Waals surface area contributed by atoms with Gasteiger partial charge < -0.3 is 19.9 Å². The molecule has 0 bridgehead atoms. The quantitative estimate of drug-likeness (QED) is 0.633. The zero-order chi connectivity index (χ0) is 21.8. The minimum absolute atomic E-state index is 0.0115. The van der Waals surface area contributed by atoms with E-state index in [-0.39, 0.29) is 11.8 Å². The van der Waals surface area contributed by atoms with E-state index in [1.165, 1.54) is 5.56 Å². The first kappa shape index (κ1) is 21.0. The van der Waals surface area contributed by atoms with E-state index in [9.17, 15) is 9.59 Å². The van der Waals surface area contributed by atoms with Crippen molar-refractivity contribution in [1.82, 2.24) is 15.2 Å². The van der Waals surface area contributed by atoms with Gasteiger partial charge in [0.15, 0.2) is 0 Å². The second kappa shape index (κ2) is 9.25. The van der Waals surface area contributed by atoms with Crippen LogP contribution in [0.5, 0.6) is 5.75 Å². The molecule has 162 valence electrons. The van der Waals surface area contributed by atoms with Gasteiger partial charge in [-0.3, -0.25) is 9.59 Å². The Kier molecular flexibility index (Phi) is 6.26. The number of methoxy groups -OCH3 is 1. The molecule has 0 aliphatic carbocycles. The summed E-state index contributed by atoms with van der Waals surface area (Å²) in [7, 11) is 1.63. The van der Waals surface area contributed by atoms with E-state index in [0.717, 1.165) is 35.1 Å². The third kappa shape index (κ3) is 5.08. The normalized spacial score (nSPS) is 14.6. The summed E-state index contributed by atoms with van der Waals surface area (Å²) < 4.78 is 5.25. The van der Waals surface area contributed by atoms with E-state index < -0.39 is 0 Å². The van der Waals surface area contributed by atoms with Gasteiger partial charge in [-0.2, -0.15) is 0 Å². The SMILES string of the molecule is COc1ccc2cc(C(=O)N3CCC(CC(=O)NCc4ccc(C)cc4)CC3)[nH]c2c1. The van der Waals surface area contributed by atoms with Crippen molar-refractivity contribution < 1.29 is 14.3 Å². The molecule has 2 aromatic carbocycles. The molecular formula is C25H29N3O3. The minimum Gasteiger partial charge on any atom is -0.497 e. The zero-order valence-corrected chi connectivity index (χ0v) is 18.1. The molecule has 0 spiro atoms. The number of fused-ring (bicyclic) bond motifs is 1. The average Bonchev–Trinajstić information content (AvgIpc) is 3.22. The summed E-state index contributed by atoms with van der Waals surface area (Å²) in [4.78, 5) is 30.3. The van der Waals surface area contributed by atoms with Gasteiger partial charge in [0, 0.05) is 43.0 Å². The number of carbonyl (C=O) groups excluding carboxylic acids is 2. The van der Waals surface area contributed by atoms with Gasteiger partial charge in [0.05, 0.1) is 7.11 Å². The van der Waals surface area contributed by atoms with Gasteiger partial charge in [0.25, 0.3) is 5.91 Å². The molecule has 6 heteroatoms. The number of hydrogen-bond acceptors (Lipinski definition) is 3. The van der Waals surface area contributed by atoms with Crippen LogP contribution in [0, 0.1) is 12.8 Å². The fourth-order valence-corrected chi connectivity index (χ4v) is 4.10. The zero-order valence-electron chi connectivity index (χ0n) is 18.1. The highest BCUT2D eigenvalue weighted by Gasteiger charge is 2.26. The number of rotatable bonds is 6. The van der Waals surface area contributed by atoms with E-state index >= 15 is 0 Å². The third-order valence-electron chi connectivity index (χ3n) is 6.05. The molecule has 2 amide bonds. The lowest BCUT2D eigenvalue weighted by molar-refractivity contribution is -0.122. The van der Waals surface area contributed by atoms with Crippen molar-refractivity contribution in [3.63, 3.8) is 0 Å². The van der Waals surface area contributed by atoms with Crippen LogP contribution in [0.25, 0.3) is 10.9 Å². The molecule has 1 aromatic heterocycles. The number of aromatic nitrogens is 1. The number of nitrogens with one attached hydrogen (secondary N) is 2. The topological polar surface area (TPSA) is 74.4 Å². The fraction of sp³-hybridized carbons (Fsp3) is 0.360. The van der Waals surface area contributed by atoms with Crippen molar-refractivity contribution >= 4 is 22.7 Å². The average molecular weight is 420 g/mol. The Morgan fingerprint density at radius 2 is 1.84 bits per heavy atom. The molecule has 2 N–H and O–H groups in total. The number of H-pyrrole nitrogens is 1. The van der Waals surface area contributed by atoms with Crippen molar-refractivity contribution in [2.75, 3.05) is 20.2 Å². The van der Waals surface area contributed by atoms with Gasteiger partial charge >= 0.3 is 0 Å². The second-order valence-corrected chi connectivity index (χ2v) is 8.34. The van der Waals surface area contributed by atoms with Crippen LogP contribution < -0.4 is 10.1 Å². The summed E-state index contributed by atoms with van der Waals surface area (Å²) >= 11 is 0. The summed E-state index contributed by atoms with van der Waals surface area (Å²) in [6.07, 6.45) is 2.20. The number of amides is 2. The van der Waals surface area contributed by atoms with Crippen LogP contribution >= 0.6 is 0 Å². The smallest absolute Gasteiger partial charge is 0.270 e. The van der Waals surface area contributed by atoms with Crippen LogP contribution in [-0.4, -0.2) is 41.9 Å². The largest absolute Gasteiger partial charge is 0.497 e. The lowest BCUT2D eigenvalue weighted by Gasteiger charge is -2.31. The van der Waals surface area contributed by atoms with Crippen LogP contribution in [-0.2, 0) is 11.3 Å². The molecular weight excluding hydrogens is 390 g/mol. The van der Waals surface area contributed by atoms with E-state index in [0.29, 0.717) is 37.7 Å². The Hall–Kier alpha value is -3.28. The Morgan fingerprint density at radius 1 is 1.10 bits per heavy atom. The van der Waals surface area contributed by atoms with E-state index in [1.54, 1.807) is 7.11 Å². The van der Waals surface area contributed by atoms with Crippen LogP contribution in [0.1, 0.15) is 40.9 Å². The van der Waals surface area contributed by atoms with Crippen molar-refractivity contribution in [1.29, 1.82) is 0 Å². The number of likely N-dealkylation sites (tertiary alicyclic amines) is 1. The number of piperidine rings is 1. The van der Waals surface area contributed by atoms with Gasteiger partial charge in [-0.05, 0) is 49.4 Å². The summed E-state index contributed by atoms with van der Waals surface area (Å²) in [5.41, 5.74) is 3.80. The molecule has 6 nitrogen and oxygen atoms in total. The van der Waals surface area contributed by atoms with Gasteiger partial charge in [0.1, 0.15) is 11.4 Å². The van der Waals surface area contributed by atoms with E-state index in [4.69, 9.17) is 4.74 Å². The van der Waals surface area contributed by atoms with Crippen molar-refractivity contribution in [2.45, 2.75) is 32.7 Å². The Bertz CT molecular complexity index is 1060. The van der Waals surface area contributed by atoms with Gasteiger partial charge in [0.2, 0.25) is 5.91 Å². The predicted molar refractivity (Wildman–Crippen MR) is 121 cm³/mol. The number of benzene rings is 2. The maximum atomic E-state index is 12.9. The third-order valence-corrected chi connectivity index (χ3v) is 6.05. The Morgan fingerprint density at radius 3 is 2.55 bits per heavy atom. The molecule has 1 aliphatic heterocycles. The fourth-order valence-electron chi connectivity index (χ4n) is 4.10. The van der Waals surface area contributed by atoms with Crippen molar-refractivity contribution in [3.05, 3.63) is 65.4 Å². The van der Waals surface area contributed by atoms with Gasteiger partial charge in [-0.25, -0.2) is 0 Å². The van der Waals surface area contributed by atoms with Gasteiger partial charge in [-0.15, -0.1) is 0 Å². The number of aromatic amines is 1. The Labute approximate surface area is 182 Å². The Balaban J connectivity index is 1.26. The van der Waals surface area contributed by atoms with Crippen molar-refractivity contribution in [3.8, 4) is 5.75 Å². The van der Waals surface area contributed by atoms with E-state index in [1.807, 2.05) is 41.3 Å². The molecule has 3 aromatic rings. The van der Waals surface area contributed by atoms with Crippen LogP contribution in [0.3, 0.4) is 0 Å². The lowest BCUT2D eigenvalue weighted by atomic mass is 9.93. The number of aryl methyl sites for hydroxylation is 1. The standard InChI is InChI=1S/C25H29N3O3/c1-17-3-5-19(6-4-17)16-26-24(29)13-18-9-11-28(12-10-18)25(30)23-14-20-7-8-21(31-2)15-22(20)27-23/h3-8,14-15,18,27H,9-13,16H2,1-2H3,(H,26,29). The summed E-state index contributed by atoms with van der Waals surface area (Å²) in [6, 6.07) is 15.8. The minimum atomic E-state index is 0.0115. The molecule has 0 radical (unpaired) electrons. The highest BCUT2D eigenvalue weighted by atomic mass is 16.5. The molecule has 4 rings (SSSR count). The second-order valence-electron chi connectivity index (χ2n) is 8.34. The van der Waals surface area contributed by atoms with Crippen LogP contribution in [0.4, 0.5) is 0 Å². The molecule has 0 atom stereocenters. The maximum Gasteiger partial charge on any atom is 0.270 e. The molecule has 1 fully saturated rings. The maximum absolute atomic E-state index is 12.9. The van der Waals surface area contributed by atoms with Crippen LogP contribution in [0.15, 0.2) is 48.5 Å². The number of carbonyl (C=O) groups is 2. The van der Waals surface area contributed by atoms with Crippen molar-refractivity contribution in [2.24, 2.45) is 5.92 Å². The molecule has 0 saturated carbocycles. The highest BCUT2D eigenvalue weighted by Crippen LogP contribution is 2.25.